The third-order valence-electron chi connectivity index (χ3n) is 2.95. The number of carbonyl (C=O) groups excluding carboxylic acids is 1. The van der Waals surface area contributed by atoms with Crippen LogP contribution in [-0.2, 0) is 4.79 Å². The van der Waals surface area contributed by atoms with Gasteiger partial charge in [-0.2, -0.15) is 5.26 Å². The zero-order valence-corrected chi connectivity index (χ0v) is 13.6. The molecule has 1 aromatic carbocycles. The minimum absolute atomic E-state index is 0.0393. The third-order valence-corrected chi connectivity index (χ3v) is 4.21. The topological polar surface area (TPSA) is 62.1 Å². The van der Waals surface area contributed by atoms with Gasteiger partial charge in [0.15, 0.2) is 0 Å². The number of methoxy groups -OCH3 is 1. The molecule has 0 aliphatic heterocycles. The zero-order chi connectivity index (χ0) is 16.1. The fourth-order valence-electron chi connectivity index (χ4n) is 1.75. The standard InChI is InChI=1S/C16H13ClN2O2S/c1-10-5-6-22-15(10)7-11(9-18)16(20)19-12-3-4-14(21-2)13(17)8-12/h3-8H,1-2H3,(H,19,20)/b11-7+. The van der Waals surface area contributed by atoms with Gasteiger partial charge in [0.2, 0.25) is 0 Å². The molecule has 22 heavy (non-hydrogen) atoms. The van der Waals surface area contributed by atoms with Gasteiger partial charge in [-0.15, -0.1) is 11.3 Å². The van der Waals surface area contributed by atoms with Crippen molar-refractivity contribution in [2.45, 2.75) is 6.92 Å². The van der Waals surface area contributed by atoms with Crippen LogP contribution >= 0.6 is 22.9 Å². The molecule has 1 heterocycles. The molecule has 112 valence electrons. The normalized spacial score (nSPS) is 10.9. The Bertz CT molecular complexity index is 775. The quantitative estimate of drug-likeness (QED) is 0.672. The summed E-state index contributed by atoms with van der Waals surface area (Å²) < 4.78 is 5.05. The fraction of sp³-hybridized carbons (Fsp3) is 0.125. The molecule has 0 fully saturated rings. The lowest BCUT2D eigenvalue weighted by Gasteiger charge is -2.07. The van der Waals surface area contributed by atoms with Crippen LogP contribution in [0.25, 0.3) is 6.08 Å². The number of nitrogens with zero attached hydrogens (tertiary/aromatic N) is 1. The zero-order valence-electron chi connectivity index (χ0n) is 12.0. The van der Waals surface area contributed by atoms with E-state index in [0.717, 1.165) is 10.4 Å². The first-order valence-corrected chi connectivity index (χ1v) is 7.61. The van der Waals surface area contributed by atoms with Gasteiger partial charge in [-0.05, 0) is 48.2 Å². The number of carbonyl (C=O) groups is 1. The van der Waals surface area contributed by atoms with Crippen LogP contribution < -0.4 is 10.1 Å². The number of ether oxygens (including phenoxy) is 1. The molecule has 0 saturated carbocycles. The number of aryl methyl sites for hydroxylation is 1. The molecule has 0 unspecified atom stereocenters. The molecule has 6 heteroatoms. The van der Waals surface area contributed by atoms with Crippen molar-refractivity contribution in [1.82, 2.24) is 0 Å². The Morgan fingerprint density at radius 2 is 2.23 bits per heavy atom. The second-order valence-electron chi connectivity index (χ2n) is 4.44. The Labute approximate surface area is 137 Å². The summed E-state index contributed by atoms with van der Waals surface area (Å²) in [5.74, 6) is 0.0430. The Balaban J connectivity index is 2.20. The first kappa shape index (κ1) is 16.1. The van der Waals surface area contributed by atoms with Gasteiger partial charge in [0.1, 0.15) is 17.4 Å². The summed E-state index contributed by atoms with van der Waals surface area (Å²) in [5, 5.41) is 14.1. The fourth-order valence-corrected chi connectivity index (χ4v) is 2.87. The van der Waals surface area contributed by atoms with Crippen molar-refractivity contribution in [3.63, 3.8) is 0 Å². The molecule has 1 aromatic heterocycles. The molecule has 0 aliphatic carbocycles. The highest BCUT2D eigenvalue weighted by Gasteiger charge is 2.12. The summed E-state index contributed by atoms with van der Waals surface area (Å²) in [5.41, 5.74) is 1.57. The summed E-state index contributed by atoms with van der Waals surface area (Å²) in [6.45, 7) is 1.93. The molecule has 0 atom stereocenters. The number of halogens is 1. The van der Waals surface area contributed by atoms with E-state index < -0.39 is 5.91 Å². The Hall–Kier alpha value is -2.29. The van der Waals surface area contributed by atoms with Gasteiger partial charge in [0.05, 0.1) is 12.1 Å². The number of hydrogen-bond acceptors (Lipinski definition) is 4. The Morgan fingerprint density at radius 1 is 1.45 bits per heavy atom. The average Bonchev–Trinajstić information content (AvgIpc) is 2.90. The molecule has 2 rings (SSSR count). The Kier molecular flexibility index (Phi) is 5.21. The maximum Gasteiger partial charge on any atom is 0.266 e. The molecule has 4 nitrogen and oxygen atoms in total. The van der Waals surface area contributed by atoms with Crippen LogP contribution in [0.5, 0.6) is 5.75 Å². The molecule has 0 bridgehead atoms. The van der Waals surface area contributed by atoms with Gasteiger partial charge in [-0.3, -0.25) is 4.79 Å². The monoisotopic (exact) mass is 332 g/mol. The molecule has 2 aromatic rings. The number of nitrogens with one attached hydrogen (secondary N) is 1. The third kappa shape index (κ3) is 3.67. The van der Waals surface area contributed by atoms with E-state index in [1.54, 1.807) is 24.3 Å². The van der Waals surface area contributed by atoms with E-state index in [-0.39, 0.29) is 5.57 Å². The molecule has 0 spiro atoms. The largest absolute Gasteiger partial charge is 0.495 e. The molecular weight excluding hydrogens is 320 g/mol. The van der Waals surface area contributed by atoms with Crippen LogP contribution in [0.2, 0.25) is 5.02 Å². The van der Waals surface area contributed by atoms with Crippen LogP contribution in [-0.4, -0.2) is 13.0 Å². The van der Waals surface area contributed by atoms with Crippen molar-refractivity contribution in [3.05, 3.63) is 50.7 Å². The van der Waals surface area contributed by atoms with Crippen LogP contribution in [0.15, 0.2) is 35.2 Å². The van der Waals surface area contributed by atoms with E-state index >= 15 is 0 Å². The minimum Gasteiger partial charge on any atom is -0.495 e. The van der Waals surface area contributed by atoms with Gasteiger partial charge < -0.3 is 10.1 Å². The predicted octanol–water partition coefficient (Wildman–Crippen LogP) is 4.26. The lowest BCUT2D eigenvalue weighted by atomic mass is 10.2. The van der Waals surface area contributed by atoms with Gasteiger partial charge in [-0.1, -0.05) is 11.6 Å². The highest BCUT2D eigenvalue weighted by molar-refractivity contribution is 7.11. The number of benzene rings is 1. The first-order chi connectivity index (χ1) is 10.5. The molecule has 1 amide bonds. The van der Waals surface area contributed by atoms with Crippen molar-refractivity contribution < 1.29 is 9.53 Å². The predicted molar refractivity (Wildman–Crippen MR) is 89.3 cm³/mol. The molecule has 0 aliphatic rings. The second kappa shape index (κ2) is 7.12. The SMILES string of the molecule is COc1ccc(NC(=O)/C(C#N)=C/c2sccc2C)cc1Cl. The smallest absolute Gasteiger partial charge is 0.266 e. The molecule has 1 N–H and O–H groups in total. The minimum atomic E-state index is -0.475. The lowest BCUT2D eigenvalue weighted by Crippen LogP contribution is -2.13. The maximum atomic E-state index is 12.2. The number of anilines is 1. The summed E-state index contributed by atoms with van der Waals surface area (Å²) in [7, 11) is 1.51. The number of nitriles is 1. The highest BCUT2D eigenvalue weighted by Crippen LogP contribution is 2.27. The van der Waals surface area contributed by atoms with Crippen LogP contribution in [0.3, 0.4) is 0 Å². The summed E-state index contributed by atoms with van der Waals surface area (Å²) in [6, 6.07) is 8.74. The first-order valence-electron chi connectivity index (χ1n) is 6.36. The van der Waals surface area contributed by atoms with Crippen LogP contribution in [0.4, 0.5) is 5.69 Å². The van der Waals surface area contributed by atoms with Gasteiger partial charge in [0.25, 0.3) is 5.91 Å². The van der Waals surface area contributed by atoms with Crippen molar-refractivity contribution >= 4 is 40.6 Å². The number of rotatable bonds is 4. The summed E-state index contributed by atoms with van der Waals surface area (Å²) in [6.07, 6.45) is 1.58. The van der Waals surface area contributed by atoms with E-state index in [1.807, 2.05) is 24.4 Å². The summed E-state index contributed by atoms with van der Waals surface area (Å²) in [4.78, 5) is 13.1. The van der Waals surface area contributed by atoms with Crippen LogP contribution in [0.1, 0.15) is 10.4 Å². The summed E-state index contributed by atoms with van der Waals surface area (Å²) >= 11 is 7.49. The molecule has 0 radical (unpaired) electrons. The van der Waals surface area contributed by atoms with Gasteiger partial charge in [-0.25, -0.2) is 0 Å². The van der Waals surface area contributed by atoms with E-state index in [9.17, 15) is 10.1 Å². The average molecular weight is 333 g/mol. The Morgan fingerprint density at radius 3 is 2.77 bits per heavy atom. The van der Waals surface area contributed by atoms with Gasteiger partial charge >= 0.3 is 0 Å². The number of amides is 1. The highest BCUT2D eigenvalue weighted by atomic mass is 35.5. The van der Waals surface area contributed by atoms with Gasteiger partial charge in [0, 0.05) is 10.6 Å². The van der Waals surface area contributed by atoms with Crippen LogP contribution in [0, 0.1) is 18.3 Å². The van der Waals surface area contributed by atoms with E-state index in [4.69, 9.17) is 16.3 Å². The number of hydrogen-bond donors (Lipinski definition) is 1. The van der Waals surface area contributed by atoms with E-state index in [0.29, 0.717) is 16.5 Å². The molecular formula is C16H13ClN2O2S. The van der Waals surface area contributed by atoms with Crippen molar-refractivity contribution in [2.75, 3.05) is 12.4 Å². The lowest BCUT2D eigenvalue weighted by molar-refractivity contribution is -0.112. The van der Waals surface area contributed by atoms with Crippen molar-refractivity contribution in [1.29, 1.82) is 5.26 Å². The maximum absolute atomic E-state index is 12.2. The second-order valence-corrected chi connectivity index (χ2v) is 5.80. The van der Waals surface area contributed by atoms with E-state index in [2.05, 4.69) is 5.32 Å². The van der Waals surface area contributed by atoms with Crippen molar-refractivity contribution in [2.24, 2.45) is 0 Å². The number of thiophene rings is 1. The molecule has 0 saturated heterocycles. The van der Waals surface area contributed by atoms with Crippen molar-refractivity contribution in [3.8, 4) is 11.8 Å². The van der Waals surface area contributed by atoms with E-state index in [1.165, 1.54) is 18.4 Å².